The van der Waals surface area contributed by atoms with Gasteiger partial charge in [0.05, 0.1) is 0 Å². The summed E-state index contributed by atoms with van der Waals surface area (Å²) in [6.07, 6.45) is 0. The van der Waals surface area contributed by atoms with Crippen molar-refractivity contribution in [1.82, 2.24) is 14.5 Å². The first kappa shape index (κ1) is 16.9. The van der Waals surface area contributed by atoms with E-state index in [4.69, 9.17) is 0 Å². The van der Waals surface area contributed by atoms with E-state index in [1.807, 2.05) is 20.0 Å². The third kappa shape index (κ3) is 3.65. The summed E-state index contributed by atoms with van der Waals surface area (Å²) in [7, 11) is -1.32. The molecule has 1 saturated heterocycles. The Kier molecular flexibility index (Phi) is 5.10. The molecule has 2 rings (SSSR count). The standard InChI is InChI=1S/C14H25N3O2S2/c1-5-15-10-12-6-7-13(20-12)21(18,19)17-9-8-16(4)14(2,3)11-17/h6-7,15H,5,8-11H2,1-4H3. The zero-order valence-corrected chi connectivity index (χ0v) is 14.9. The molecule has 1 aromatic rings. The van der Waals surface area contributed by atoms with Crippen LogP contribution in [0.1, 0.15) is 25.6 Å². The van der Waals surface area contributed by atoms with E-state index in [-0.39, 0.29) is 5.54 Å². The molecule has 2 heterocycles. The van der Waals surface area contributed by atoms with Gasteiger partial charge in [-0.2, -0.15) is 4.31 Å². The maximum atomic E-state index is 12.8. The Balaban J connectivity index is 2.16. The average Bonchev–Trinajstić information content (AvgIpc) is 2.88. The highest BCUT2D eigenvalue weighted by Gasteiger charge is 2.37. The van der Waals surface area contributed by atoms with Crippen molar-refractivity contribution in [2.75, 3.05) is 33.2 Å². The number of thiophene rings is 1. The summed E-state index contributed by atoms with van der Waals surface area (Å²) in [4.78, 5) is 3.27. The van der Waals surface area contributed by atoms with Crippen molar-refractivity contribution in [2.45, 2.75) is 37.1 Å². The molecular weight excluding hydrogens is 306 g/mol. The zero-order valence-electron chi connectivity index (χ0n) is 13.2. The van der Waals surface area contributed by atoms with Crippen LogP contribution in [-0.2, 0) is 16.6 Å². The number of nitrogens with zero attached hydrogens (tertiary/aromatic N) is 2. The van der Waals surface area contributed by atoms with Crippen LogP contribution in [0.2, 0.25) is 0 Å². The maximum Gasteiger partial charge on any atom is 0.252 e. The molecule has 21 heavy (non-hydrogen) atoms. The molecule has 120 valence electrons. The summed E-state index contributed by atoms with van der Waals surface area (Å²) < 4.78 is 27.6. The van der Waals surface area contributed by atoms with E-state index in [1.165, 1.54) is 11.3 Å². The molecule has 1 aromatic heterocycles. The van der Waals surface area contributed by atoms with Gasteiger partial charge in [0.2, 0.25) is 0 Å². The van der Waals surface area contributed by atoms with Crippen molar-refractivity contribution in [2.24, 2.45) is 0 Å². The number of hydrogen-bond acceptors (Lipinski definition) is 5. The Labute approximate surface area is 132 Å². The summed E-state index contributed by atoms with van der Waals surface area (Å²) in [6.45, 7) is 9.67. The van der Waals surface area contributed by atoms with E-state index in [1.54, 1.807) is 10.4 Å². The Bertz CT molecular complexity index is 581. The molecule has 0 bridgehead atoms. The highest BCUT2D eigenvalue weighted by Crippen LogP contribution is 2.28. The summed E-state index contributed by atoms with van der Waals surface area (Å²) in [5, 5.41) is 3.22. The van der Waals surface area contributed by atoms with Gasteiger partial charge in [-0.05, 0) is 39.6 Å². The Morgan fingerprint density at radius 1 is 1.33 bits per heavy atom. The SMILES string of the molecule is CCNCc1ccc(S(=O)(=O)N2CCN(C)C(C)(C)C2)s1. The van der Waals surface area contributed by atoms with E-state index in [0.717, 1.165) is 24.5 Å². The van der Waals surface area contributed by atoms with Crippen LogP contribution in [0.15, 0.2) is 16.3 Å². The molecular formula is C14H25N3O2S2. The van der Waals surface area contributed by atoms with Crippen LogP contribution in [0.5, 0.6) is 0 Å². The van der Waals surface area contributed by atoms with Gasteiger partial charge in [-0.15, -0.1) is 11.3 Å². The lowest BCUT2D eigenvalue weighted by atomic mass is 10.0. The highest BCUT2D eigenvalue weighted by atomic mass is 32.2. The van der Waals surface area contributed by atoms with Gasteiger partial charge >= 0.3 is 0 Å². The topological polar surface area (TPSA) is 52.7 Å². The minimum Gasteiger partial charge on any atom is -0.312 e. The van der Waals surface area contributed by atoms with Gasteiger partial charge in [0, 0.05) is 36.6 Å². The van der Waals surface area contributed by atoms with Crippen LogP contribution in [0.25, 0.3) is 0 Å². The van der Waals surface area contributed by atoms with E-state index in [0.29, 0.717) is 17.3 Å². The third-order valence-corrected chi connectivity index (χ3v) is 7.46. The molecule has 0 spiro atoms. The van der Waals surface area contributed by atoms with E-state index in [2.05, 4.69) is 24.1 Å². The van der Waals surface area contributed by atoms with Crippen molar-refractivity contribution >= 4 is 21.4 Å². The van der Waals surface area contributed by atoms with Crippen molar-refractivity contribution in [1.29, 1.82) is 0 Å². The zero-order chi connectivity index (χ0) is 15.7. The third-order valence-electron chi connectivity index (χ3n) is 4.06. The van der Waals surface area contributed by atoms with Crippen LogP contribution in [0.4, 0.5) is 0 Å². The van der Waals surface area contributed by atoms with E-state index in [9.17, 15) is 8.42 Å². The number of sulfonamides is 1. The second-order valence-electron chi connectivity index (χ2n) is 6.07. The fraction of sp³-hybridized carbons (Fsp3) is 0.714. The molecule has 0 amide bonds. The van der Waals surface area contributed by atoms with Gasteiger partial charge < -0.3 is 5.32 Å². The predicted octanol–water partition coefficient (Wildman–Crippen LogP) is 1.57. The Morgan fingerprint density at radius 2 is 2.05 bits per heavy atom. The molecule has 5 nitrogen and oxygen atoms in total. The van der Waals surface area contributed by atoms with Crippen molar-refractivity contribution in [3.63, 3.8) is 0 Å². The first-order valence-corrected chi connectivity index (χ1v) is 9.54. The molecule has 1 aliphatic heterocycles. The average molecular weight is 332 g/mol. The van der Waals surface area contributed by atoms with Crippen LogP contribution in [0.3, 0.4) is 0 Å². The van der Waals surface area contributed by atoms with Crippen molar-refractivity contribution in [3.8, 4) is 0 Å². The number of likely N-dealkylation sites (N-methyl/N-ethyl adjacent to an activating group) is 1. The smallest absolute Gasteiger partial charge is 0.252 e. The molecule has 7 heteroatoms. The summed E-state index contributed by atoms with van der Waals surface area (Å²) in [6, 6.07) is 3.64. The molecule has 0 radical (unpaired) electrons. The van der Waals surface area contributed by atoms with Gasteiger partial charge in [-0.3, -0.25) is 4.90 Å². The van der Waals surface area contributed by atoms with Crippen molar-refractivity contribution < 1.29 is 8.42 Å². The lowest BCUT2D eigenvalue weighted by molar-refractivity contribution is 0.0802. The fourth-order valence-electron chi connectivity index (χ4n) is 2.37. The number of hydrogen-bond donors (Lipinski definition) is 1. The summed E-state index contributed by atoms with van der Waals surface area (Å²) in [5.74, 6) is 0. The fourth-order valence-corrected chi connectivity index (χ4v) is 5.43. The molecule has 1 aliphatic rings. The van der Waals surface area contributed by atoms with Gasteiger partial charge in [0.1, 0.15) is 4.21 Å². The molecule has 0 unspecified atom stereocenters. The minimum absolute atomic E-state index is 0.130. The second kappa shape index (κ2) is 6.34. The van der Waals surface area contributed by atoms with Gasteiger partial charge in [-0.1, -0.05) is 6.92 Å². The van der Waals surface area contributed by atoms with Crippen LogP contribution >= 0.6 is 11.3 Å². The van der Waals surface area contributed by atoms with Crippen LogP contribution in [0, 0.1) is 0 Å². The Hall–Kier alpha value is -0.470. The highest BCUT2D eigenvalue weighted by molar-refractivity contribution is 7.91. The number of piperazine rings is 1. The molecule has 0 aromatic carbocycles. The Morgan fingerprint density at radius 3 is 2.67 bits per heavy atom. The van der Waals surface area contributed by atoms with Gasteiger partial charge in [0.15, 0.2) is 0 Å². The lowest BCUT2D eigenvalue weighted by Gasteiger charge is -2.44. The quantitative estimate of drug-likeness (QED) is 0.890. The monoisotopic (exact) mass is 331 g/mol. The molecule has 1 N–H and O–H groups in total. The number of nitrogens with one attached hydrogen (secondary N) is 1. The first-order valence-electron chi connectivity index (χ1n) is 7.28. The lowest BCUT2D eigenvalue weighted by Crippen LogP contribution is -2.58. The van der Waals surface area contributed by atoms with Gasteiger partial charge in [-0.25, -0.2) is 8.42 Å². The van der Waals surface area contributed by atoms with E-state index >= 15 is 0 Å². The van der Waals surface area contributed by atoms with Gasteiger partial charge in [0.25, 0.3) is 10.0 Å². The summed E-state index contributed by atoms with van der Waals surface area (Å²) in [5.41, 5.74) is -0.130. The molecule has 0 atom stereocenters. The summed E-state index contributed by atoms with van der Waals surface area (Å²) >= 11 is 1.37. The predicted molar refractivity (Wildman–Crippen MR) is 87.2 cm³/mol. The number of rotatable bonds is 5. The van der Waals surface area contributed by atoms with E-state index < -0.39 is 10.0 Å². The normalized spacial score (nSPS) is 20.8. The molecule has 0 aliphatic carbocycles. The minimum atomic E-state index is -3.36. The van der Waals surface area contributed by atoms with Crippen LogP contribution < -0.4 is 5.32 Å². The van der Waals surface area contributed by atoms with Crippen molar-refractivity contribution in [3.05, 3.63) is 17.0 Å². The second-order valence-corrected chi connectivity index (χ2v) is 9.41. The molecule has 0 saturated carbocycles. The molecule has 1 fully saturated rings. The maximum absolute atomic E-state index is 12.8. The first-order chi connectivity index (χ1) is 9.77. The van der Waals surface area contributed by atoms with Crippen LogP contribution in [-0.4, -0.2) is 56.4 Å². The largest absolute Gasteiger partial charge is 0.312 e.